The average molecular weight is 273 g/mol. The molecule has 2 fully saturated rings. The van der Waals surface area contributed by atoms with Crippen LogP contribution in [-0.4, -0.2) is 24.6 Å². The van der Waals surface area contributed by atoms with Gasteiger partial charge in [-0.15, -0.1) is 0 Å². The van der Waals surface area contributed by atoms with E-state index < -0.39 is 0 Å². The Labute approximate surface area is 122 Å². The van der Waals surface area contributed by atoms with Crippen molar-refractivity contribution in [1.82, 2.24) is 10.3 Å². The Morgan fingerprint density at radius 1 is 1.25 bits per heavy atom. The SMILES string of the molecule is CNCc1cnc(C)cc1N1CCCC2CCCCC21. The molecule has 0 aromatic carbocycles. The number of aryl methyl sites for hydroxylation is 1. The molecule has 1 aliphatic heterocycles. The quantitative estimate of drug-likeness (QED) is 0.916. The Balaban J connectivity index is 1.91. The summed E-state index contributed by atoms with van der Waals surface area (Å²) < 4.78 is 0. The lowest BCUT2D eigenvalue weighted by molar-refractivity contribution is 0.243. The zero-order valence-corrected chi connectivity index (χ0v) is 12.9. The molecule has 1 N–H and O–H groups in total. The van der Waals surface area contributed by atoms with Crippen LogP contribution in [0.4, 0.5) is 5.69 Å². The van der Waals surface area contributed by atoms with Crippen LogP contribution in [0, 0.1) is 12.8 Å². The van der Waals surface area contributed by atoms with E-state index in [1.807, 2.05) is 7.05 Å². The van der Waals surface area contributed by atoms with Gasteiger partial charge in [-0.2, -0.15) is 0 Å². The third-order valence-electron chi connectivity index (χ3n) is 5.02. The molecule has 1 saturated heterocycles. The van der Waals surface area contributed by atoms with Crippen LogP contribution in [0.15, 0.2) is 12.3 Å². The maximum Gasteiger partial charge on any atom is 0.0448 e. The van der Waals surface area contributed by atoms with Crippen molar-refractivity contribution >= 4 is 5.69 Å². The topological polar surface area (TPSA) is 28.2 Å². The Morgan fingerprint density at radius 3 is 2.90 bits per heavy atom. The molecule has 3 heteroatoms. The molecule has 1 aliphatic carbocycles. The molecule has 20 heavy (non-hydrogen) atoms. The molecule has 2 heterocycles. The smallest absolute Gasteiger partial charge is 0.0448 e. The van der Waals surface area contributed by atoms with E-state index in [-0.39, 0.29) is 0 Å². The number of rotatable bonds is 3. The summed E-state index contributed by atoms with van der Waals surface area (Å²) in [5.74, 6) is 0.924. The molecule has 1 aromatic rings. The minimum Gasteiger partial charge on any atom is -0.368 e. The minimum absolute atomic E-state index is 0.773. The molecule has 0 amide bonds. The van der Waals surface area contributed by atoms with Gasteiger partial charge in [0.15, 0.2) is 0 Å². The van der Waals surface area contributed by atoms with Gasteiger partial charge in [-0.3, -0.25) is 4.98 Å². The van der Waals surface area contributed by atoms with E-state index in [0.29, 0.717) is 0 Å². The van der Waals surface area contributed by atoms with Crippen molar-refractivity contribution < 1.29 is 0 Å². The first-order chi connectivity index (χ1) is 9.79. The predicted molar refractivity (Wildman–Crippen MR) is 84.1 cm³/mol. The first kappa shape index (κ1) is 13.9. The first-order valence-electron chi connectivity index (χ1n) is 8.16. The number of aromatic nitrogens is 1. The van der Waals surface area contributed by atoms with E-state index in [1.54, 1.807) is 0 Å². The van der Waals surface area contributed by atoms with Crippen LogP contribution in [0.25, 0.3) is 0 Å². The lowest BCUT2D eigenvalue weighted by Gasteiger charge is -2.46. The van der Waals surface area contributed by atoms with Crippen LogP contribution in [0.3, 0.4) is 0 Å². The summed E-state index contributed by atoms with van der Waals surface area (Å²) in [5, 5.41) is 3.29. The number of pyridine rings is 1. The summed E-state index contributed by atoms with van der Waals surface area (Å²) in [4.78, 5) is 7.19. The van der Waals surface area contributed by atoms with Crippen LogP contribution < -0.4 is 10.2 Å². The molecule has 1 saturated carbocycles. The van der Waals surface area contributed by atoms with Gasteiger partial charge < -0.3 is 10.2 Å². The number of nitrogens with one attached hydrogen (secondary N) is 1. The van der Waals surface area contributed by atoms with Gasteiger partial charge >= 0.3 is 0 Å². The number of fused-ring (bicyclic) bond motifs is 1. The fourth-order valence-electron chi connectivity index (χ4n) is 4.09. The molecular formula is C17H27N3. The Kier molecular flexibility index (Phi) is 4.25. The average Bonchev–Trinajstić information content (AvgIpc) is 2.49. The normalized spacial score (nSPS) is 26.4. The van der Waals surface area contributed by atoms with Crippen molar-refractivity contribution in [2.75, 3.05) is 18.5 Å². The highest BCUT2D eigenvalue weighted by atomic mass is 15.2. The van der Waals surface area contributed by atoms with Gasteiger partial charge in [0, 0.05) is 42.3 Å². The molecule has 0 radical (unpaired) electrons. The molecular weight excluding hydrogens is 246 g/mol. The van der Waals surface area contributed by atoms with Crippen molar-refractivity contribution in [2.24, 2.45) is 5.92 Å². The molecule has 3 nitrogen and oxygen atoms in total. The molecule has 0 spiro atoms. The standard InChI is InChI=1S/C17H27N3/c1-13-10-17(15(11-18-2)12-19-13)20-9-5-7-14-6-3-4-8-16(14)20/h10,12,14,16,18H,3-9,11H2,1-2H3. The largest absolute Gasteiger partial charge is 0.368 e. The first-order valence-corrected chi connectivity index (χ1v) is 8.16. The van der Waals surface area contributed by atoms with Crippen molar-refractivity contribution in [1.29, 1.82) is 0 Å². The Hall–Kier alpha value is -1.09. The monoisotopic (exact) mass is 273 g/mol. The lowest BCUT2D eigenvalue weighted by atomic mass is 9.78. The summed E-state index contributed by atoms with van der Waals surface area (Å²) >= 11 is 0. The second kappa shape index (κ2) is 6.13. The Morgan fingerprint density at radius 2 is 2.05 bits per heavy atom. The summed E-state index contributed by atoms with van der Waals surface area (Å²) in [5.41, 5.74) is 3.92. The maximum absolute atomic E-state index is 4.49. The molecule has 1 aromatic heterocycles. The summed E-state index contributed by atoms with van der Waals surface area (Å²) in [6.45, 7) is 4.24. The fraction of sp³-hybridized carbons (Fsp3) is 0.706. The number of hydrogen-bond donors (Lipinski definition) is 1. The highest BCUT2D eigenvalue weighted by molar-refractivity contribution is 5.55. The van der Waals surface area contributed by atoms with Gasteiger partial charge in [-0.1, -0.05) is 12.8 Å². The van der Waals surface area contributed by atoms with Crippen molar-refractivity contribution in [3.05, 3.63) is 23.5 Å². The zero-order chi connectivity index (χ0) is 13.9. The second-order valence-electron chi connectivity index (χ2n) is 6.43. The molecule has 0 bridgehead atoms. The maximum atomic E-state index is 4.49. The Bertz CT molecular complexity index is 456. The van der Waals surface area contributed by atoms with Gasteiger partial charge in [-0.25, -0.2) is 0 Å². The number of hydrogen-bond acceptors (Lipinski definition) is 3. The van der Waals surface area contributed by atoms with Crippen molar-refractivity contribution in [3.63, 3.8) is 0 Å². The molecule has 2 unspecified atom stereocenters. The van der Waals surface area contributed by atoms with E-state index >= 15 is 0 Å². The van der Waals surface area contributed by atoms with Crippen LogP contribution in [-0.2, 0) is 6.54 Å². The molecule has 110 valence electrons. The van der Waals surface area contributed by atoms with Gasteiger partial charge in [0.1, 0.15) is 0 Å². The zero-order valence-electron chi connectivity index (χ0n) is 12.9. The van der Waals surface area contributed by atoms with E-state index in [2.05, 4.69) is 34.4 Å². The van der Waals surface area contributed by atoms with Gasteiger partial charge in [0.05, 0.1) is 0 Å². The number of nitrogens with zero attached hydrogens (tertiary/aromatic N) is 2. The molecule has 3 rings (SSSR count). The van der Waals surface area contributed by atoms with Gasteiger partial charge in [-0.05, 0) is 51.6 Å². The van der Waals surface area contributed by atoms with Crippen LogP contribution in [0.1, 0.15) is 49.8 Å². The summed E-state index contributed by atoms with van der Waals surface area (Å²) in [7, 11) is 2.02. The van der Waals surface area contributed by atoms with Gasteiger partial charge in [0.25, 0.3) is 0 Å². The highest BCUT2D eigenvalue weighted by Gasteiger charge is 2.34. The molecule has 2 aliphatic rings. The molecule has 2 atom stereocenters. The van der Waals surface area contributed by atoms with Crippen molar-refractivity contribution in [3.8, 4) is 0 Å². The third-order valence-corrected chi connectivity index (χ3v) is 5.02. The van der Waals surface area contributed by atoms with E-state index in [4.69, 9.17) is 0 Å². The summed E-state index contributed by atoms with van der Waals surface area (Å²) in [6, 6.07) is 3.07. The second-order valence-corrected chi connectivity index (χ2v) is 6.43. The highest BCUT2D eigenvalue weighted by Crippen LogP contribution is 2.38. The van der Waals surface area contributed by atoms with Crippen molar-refractivity contribution in [2.45, 2.75) is 58.0 Å². The predicted octanol–water partition coefficient (Wildman–Crippen LogP) is 3.27. The van der Waals surface area contributed by atoms with Crippen LogP contribution >= 0.6 is 0 Å². The van der Waals surface area contributed by atoms with E-state index in [9.17, 15) is 0 Å². The third kappa shape index (κ3) is 2.69. The van der Waals surface area contributed by atoms with Crippen LogP contribution in [0.5, 0.6) is 0 Å². The van der Waals surface area contributed by atoms with Crippen LogP contribution in [0.2, 0.25) is 0 Å². The fourth-order valence-corrected chi connectivity index (χ4v) is 4.09. The van der Waals surface area contributed by atoms with Gasteiger partial charge in [0.2, 0.25) is 0 Å². The van der Waals surface area contributed by atoms with E-state index in [0.717, 1.165) is 24.2 Å². The van der Waals surface area contributed by atoms with E-state index in [1.165, 1.54) is 56.3 Å². The number of anilines is 1. The minimum atomic E-state index is 0.773. The summed E-state index contributed by atoms with van der Waals surface area (Å²) in [6.07, 6.45) is 10.5. The number of piperidine rings is 1. The lowest BCUT2D eigenvalue weighted by Crippen LogP contribution is -2.47.